The molecule has 132 valence electrons. The zero-order chi connectivity index (χ0) is 18.1. The van der Waals surface area contributed by atoms with Crippen molar-refractivity contribution >= 4 is 39.2 Å². The number of hydrogen-bond acceptors (Lipinski definition) is 4. The van der Waals surface area contributed by atoms with Crippen molar-refractivity contribution < 1.29 is 27.8 Å². The summed E-state index contributed by atoms with van der Waals surface area (Å²) in [4.78, 5) is 12.2. The maximum Gasteiger partial charge on any atom is 0.437 e. The molecular weight excluding hydrogens is 413 g/mol. The molecule has 10 heteroatoms. The SMILES string of the molecule is CCOC(=O)C1C(c2ccc(Br)cc2)NC(=S)NC1(O)C(F)(F)F. The van der Waals surface area contributed by atoms with Crippen molar-refractivity contribution in [2.75, 3.05) is 6.61 Å². The van der Waals surface area contributed by atoms with Crippen molar-refractivity contribution in [2.45, 2.75) is 24.9 Å². The minimum absolute atomic E-state index is 0.124. The highest BCUT2D eigenvalue weighted by Crippen LogP contribution is 2.43. The summed E-state index contributed by atoms with van der Waals surface area (Å²) >= 11 is 8.01. The monoisotopic (exact) mass is 426 g/mol. The number of esters is 1. The fourth-order valence-electron chi connectivity index (χ4n) is 2.48. The number of halogens is 4. The lowest BCUT2D eigenvalue weighted by molar-refractivity contribution is -0.292. The average molecular weight is 427 g/mol. The van der Waals surface area contributed by atoms with Gasteiger partial charge in [0.1, 0.15) is 5.92 Å². The fourth-order valence-corrected chi connectivity index (χ4v) is 3.03. The van der Waals surface area contributed by atoms with Gasteiger partial charge >= 0.3 is 12.1 Å². The molecule has 5 nitrogen and oxygen atoms in total. The molecule has 1 aromatic carbocycles. The predicted octanol–water partition coefficient (Wildman–Crippen LogP) is 2.40. The second kappa shape index (κ2) is 6.85. The van der Waals surface area contributed by atoms with Gasteiger partial charge < -0.3 is 20.5 Å². The number of rotatable bonds is 3. The summed E-state index contributed by atoms with van der Waals surface area (Å²) in [7, 11) is 0. The topological polar surface area (TPSA) is 70.6 Å². The Morgan fingerprint density at radius 1 is 1.42 bits per heavy atom. The fraction of sp³-hybridized carbons (Fsp3) is 0.429. The second-order valence-corrected chi connectivity index (χ2v) is 6.45. The van der Waals surface area contributed by atoms with Gasteiger partial charge in [-0.1, -0.05) is 28.1 Å². The first-order valence-electron chi connectivity index (χ1n) is 6.90. The third kappa shape index (κ3) is 3.50. The number of benzene rings is 1. The Kier molecular flexibility index (Phi) is 5.41. The highest BCUT2D eigenvalue weighted by Gasteiger charge is 2.66. The summed E-state index contributed by atoms with van der Waals surface area (Å²) in [5.41, 5.74) is -3.19. The largest absolute Gasteiger partial charge is 0.466 e. The van der Waals surface area contributed by atoms with E-state index in [0.29, 0.717) is 10.0 Å². The van der Waals surface area contributed by atoms with Crippen LogP contribution in [0.25, 0.3) is 0 Å². The van der Waals surface area contributed by atoms with E-state index < -0.39 is 34.9 Å². The number of aliphatic hydroxyl groups is 1. The zero-order valence-electron chi connectivity index (χ0n) is 12.4. The smallest absolute Gasteiger partial charge is 0.437 e. The normalized spacial score (nSPS) is 27.2. The van der Waals surface area contributed by atoms with Crippen LogP contribution in [0, 0.1) is 5.92 Å². The molecule has 2 rings (SSSR count). The van der Waals surface area contributed by atoms with Crippen LogP contribution in [0.4, 0.5) is 13.2 Å². The lowest BCUT2D eigenvalue weighted by atomic mass is 9.82. The minimum atomic E-state index is -5.15. The van der Waals surface area contributed by atoms with Crippen molar-refractivity contribution in [3.8, 4) is 0 Å². The van der Waals surface area contributed by atoms with Gasteiger partial charge in [-0.05, 0) is 36.8 Å². The molecule has 1 aromatic rings. The summed E-state index contributed by atoms with van der Waals surface area (Å²) in [6, 6.07) is 5.06. The van der Waals surface area contributed by atoms with Crippen molar-refractivity contribution in [2.24, 2.45) is 5.92 Å². The van der Waals surface area contributed by atoms with E-state index in [1.165, 1.54) is 19.1 Å². The summed E-state index contributed by atoms with van der Waals surface area (Å²) in [5, 5.41) is 14.2. The van der Waals surface area contributed by atoms with Gasteiger partial charge in [0.25, 0.3) is 5.72 Å². The van der Waals surface area contributed by atoms with Gasteiger partial charge in [0.2, 0.25) is 0 Å². The molecule has 0 amide bonds. The van der Waals surface area contributed by atoms with E-state index in [9.17, 15) is 23.1 Å². The molecular formula is C14H14BrF3N2O3S. The first kappa shape index (κ1) is 18.9. The van der Waals surface area contributed by atoms with Crippen LogP contribution in [-0.2, 0) is 9.53 Å². The zero-order valence-corrected chi connectivity index (χ0v) is 14.8. The molecule has 0 aromatic heterocycles. The molecule has 0 spiro atoms. The van der Waals surface area contributed by atoms with E-state index in [-0.39, 0.29) is 6.61 Å². The maximum atomic E-state index is 13.5. The van der Waals surface area contributed by atoms with E-state index in [1.54, 1.807) is 17.4 Å². The first-order chi connectivity index (χ1) is 11.1. The average Bonchev–Trinajstić information content (AvgIpc) is 2.46. The van der Waals surface area contributed by atoms with Gasteiger partial charge in [-0.3, -0.25) is 4.79 Å². The molecule has 3 unspecified atom stereocenters. The standard InChI is InChI=1S/C14H14BrF3N2O3S/c1-2-23-11(21)9-10(7-3-5-8(15)6-4-7)19-12(24)20-13(9,22)14(16,17)18/h3-6,9-10,22H,2H2,1H3,(H2,19,20,24). The first-order valence-corrected chi connectivity index (χ1v) is 8.10. The lowest BCUT2D eigenvalue weighted by Crippen LogP contribution is -2.73. The molecule has 1 aliphatic rings. The van der Waals surface area contributed by atoms with Crippen LogP contribution in [0.2, 0.25) is 0 Å². The molecule has 0 aliphatic carbocycles. The van der Waals surface area contributed by atoms with Gasteiger partial charge in [0.15, 0.2) is 5.11 Å². The van der Waals surface area contributed by atoms with Crippen LogP contribution in [0.3, 0.4) is 0 Å². The predicted molar refractivity (Wildman–Crippen MR) is 86.9 cm³/mol. The Morgan fingerprint density at radius 2 is 2.00 bits per heavy atom. The summed E-state index contributed by atoms with van der Waals surface area (Å²) in [6.45, 7) is 1.34. The maximum absolute atomic E-state index is 13.5. The number of carbonyl (C=O) groups excluding carboxylic acids is 1. The quantitative estimate of drug-likeness (QED) is 0.509. The van der Waals surface area contributed by atoms with E-state index in [0.717, 1.165) is 0 Å². The van der Waals surface area contributed by atoms with Crippen molar-refractivity contribution in [3.63, 3.8) is 0 Å². The lowest BCUT2D eigenvalue weighted by Gasteiger charge is -2.45. The highest BCUT2D eigenvalue weighted by atomic mass is 79.9. The van der Waals surface area contributed by atoms with E-state index in [1.807, 2.05) is 0 Å². The number of thiocarbonyl (C=S) groups is 1. The van der Waals surface area contributed by atoms with Crippen molar-refractivity contribution in [3.05, 3.63) is 34.3 Å². The highest BCUT2D eigenvalue weighted by molar-refractivity contribution is 9.10. The Hall–Kier alpha value is -1.39. The second-order valence-electron chi connectivity index (χ2n) is 5.12. The molecule has 1 aliphatic heterocycles. The molecule has 0 radical (unpaired) electrons. The van der Waals surface area contributed by atoms with Gasteiger partial charge in [0.05, 0.1) is 12.6 Å². The molecule has 3 N–H and O–H groups in total. The summed E-state index contributed by atoms with van der Waals surface area (Å²) in [5.74, 6) is -3.17. The van der Waals surface area contributed by atoms with Gasteiger partial charge in [-0.25, -0.2) is 0 Å². The van der Waals surface area contributed by atoms with Crippen LogP contribution >= 0.6 is 28.1 Å². The van der Waals surface area contributed by atoms with Crippen LogP contribution in [0.1, 0.15) is 18.5 Å². The molecule has 1 saturated heterocycles. The van der Waals surface area contributed by atoms with Crippen LogP contribution < -0.4 is 10.6 Å². The van der Waals surface area contributed by atoms with Crippen molar-refractivity contribution in [1.29, 1.82) is 0 Å². The van der Waals surface area contributed by atoms with Crippen LogP contribution in [0.15, 0.2) is 28.7 Å². The van der Waals surface area contributed by atoms with Gasteiger partial charge in [-0.2, -0.15) is 13.2 Å². The van der Waals surface area contributed by atoms with Gasteiger partial charge in [-0.15, -0.1) is 0 Å². The van der Waals surface area contributed by atoms with Gasteiger partial charge in [0, 0.05) is 4.47 Å². The molecule has 0 saturated carbocycles. The van der Waals surface area contributed by atoms with E-state index in [4.69, 9.17) is 17.0 Å². The van der Waals surface area contributed by atoms with E-state index >= 15 is 0 Å². The number of nitrogens with one attached hydrogen (secondary N) is 2. The number of alkyl halides is 3. The number of hydrogen-bond donors (Lipinski definition) is 3. The van der Waals surface area contributed by atoms with Crippen LogP contribution in [0.5, 0.6) is 0 Å². The molecule has 1 fully saturated rings. The summed E-state index contributed by atoms with van der Waals surface area (Å²) < 4.78 is 45.9. The Balaban J connectivity index is 2.55. The summed E-state index contributed by atoms with van der Waals surface area (Å²) in [6.07, 6.45) is -5.15. The third-order valence-electron chi connectivity index (χ3n) is 3.58. The van der Waals surface area contributed by atoms with Crippen molar-refractivity contribution in [1.82, 2.24) is 10.6 Å². The Morgan fingerprint density at radius 3 is 2.50 bits per heavy atom. The van der Waals surface area contributed by atoms with E-state index in [2.05, 4.69) is 21.2 Å². The number of carbonyl (C=O) groups is 1. The molecule has 3 atom stereocenters. The number of ether oxygens (including phenoxy) is 1. The molecule has 1 heterocycles. The molecule has 0 bridgehead atoms. The molecule has 24 heavy (non-hydrogen) atoms. The Labute approximate surface area is 149 Å². The van der Waals surface area contributed by atoms with Crippen LogP contribution in [-0.4, -0.2) is 34.7 Å². The third-order valence-corrected chi connectivity index (χ3v) is 4.32. The Bertz CT molecular complexity index is 641. The minimum Gasteiger partial charge on any atom is -0.466 e.